The molecule has 2 aromatic rings. The Labute approximate surface area is 224 Å². The number of aromatic nitrogens is 1. The average Bonchev–Trinajstić information content (AvgIpc) is 3.28. The fourth-order valence-corrected chi connectivity index (χ4v) is 6.60. The summed E-state index contributed by atoms with van der Waals surface area (Å²) in [7, 11) is -3.43. The summed E-state index contributed by atoms with van der Waals surface area (Å²) in [5.74, 6) is 0.349. The van der Waals surface area contributed by atoms with Gasteiger partial charge in [-0.3, -0.25) is 5.32 Å². The molecule has 1 amide bonds. The van der Waals surface area contributed by atoms with E-state index in [1.807, 2.05) is 13.8 Å². The molecule has 0 aliphatic carbocycles. The molecule has 3 rings (SSSR count). The molecule has 1 unspecified atom stereocenters. The maximum Gasteiger partial charge on any atom is 0.413 e. The maximum atomic E-state index is 13.6. The summed E-state index contributed by atoms with van der Waals surface area (Å²) in [5, 5.41) is 2.65. The van der Waals surface area contributed by atoms with Gasteiger partial charge in [0.15, 0.2) is 0 Å². The van der Waals surface area contributed by atoms with Crippen molar-refractivity contribution in [3.63, 3.8) is 0 Å². The lowest BCUT2D eigenvalue weighted by Gasteiger charge is -2.38. The lowest BCUT2D eigenvalue weighted by molar-refractivity contribution is 0.0463. The van der Waals surface area contributed by atoms with Crippen LogP contribution in [0.4, 0.5) is 10.6 Å². The molecule has 0 saturated carbocycles. The van der Waals surface area contributed by atoms with Crippen molar-refractivity contribution < 1.29 is 22.4 Å². The monoisotopic (exact) mass is 545 g/mol. The van der Waals surface area contributed by atoms with E-state index in [4.69, 9.17) is 9.16 Å². The van der Waals surface area contributed by atoms with Crippen LogP contribution in [0.15, 0.2) is 47.4 Å². The number of pyridine rings is 1. The minimum atomic E-state index is -3.70. The first-order valence-electron chi connectivity index (χ1n) is 12.5. The molecule has 202 valence electrons. The molecule has 2 radical (unpaired) electrons. The second kappa shape index (κ2) is 10.8. The number of benzene rings is 1. The van der Waals surface area contributed by atoms with E-state index in [-0.39, 0.29) is 25.7 Å². The number of sulfonamides is 1. The van der Waals surface area contributed by atoms with Crippen LogP contribution in [0.3, 0.4) is 0 Å². The van der Waals surface area contributed by atoms with Gasteiger partial charge in [0.05, 0.1) is 22.2 Å². The zero-order valence-electron chi connectivity index (χ0n) is 23.1. The maximum absolute atomic E-state index is 13.6. The van der Waals surface area contributed by atoms with E-state index < -0.39 is 27.3 Å². The number of hydrogen-bond donors (Lipinski definition) is 1. The Morgan fingerprint density at radius 1 is 1.03 bits per heavy atom. The number of amides is 1. The van der Waals surface area contributed by atoms with E-state index in [1.165, 1.54) is 0 Å². The summed E-state index contributed by atoms with van der Waals surface area (Å²) in [6.07, 6.45) is 0.975. The highest BCUT2D eigenvalue weighted by molar-refractivity contribution is 7.89. The molecule has 1 N–H and O–H groups in total. The van der Waals surface area contributed by atoms with E-state index in [2.05, 4.69) is 31.1 Å². The van der Waals surface area contributed by atoms with E-state index >= 15 is 0 Å². The van der Waals surface area contributed by atoms with Gasteiger partial charge in [-0.2, -0.15) is 4.31 Å². The molecular formula is C27H39N3O5SSi. The third-order valence-electron chi connectivity index (χ3n) is 5.76. The van der Waals surface area contributed by atoms with E-state index in [1.54, 1.807) is 67.5 Å². The number of nitrogens with one attached hydrogen (secondary N) is 1. The standard InChI is InChI=1S/C27H39N3O5SSi/c1-25(2,3)34-24(31)29-23-13-9-11-21(28-23)19-14-16-20(17-15-19)36(32,33)30-18-10-12-22(30)27(7,8)35-37-26(4,5)6/h9,11,13-17,22H,10,12,18H2,1-8H3,(H,28,29,31). The molecule has 1 fully saturated rings. The average molecular weight is 546 g/mol. The van der Waals surface area contributed by atoms with Gasteiger partial charge in [0.1, 0.15) is 11.4 Å². The van der Waals surface area contributed by atoms with Gasteiger partial charge in [0, 0.05) is 12.1 Å². The normalized spacial score (nSPS) is 17.6. The van der Waals surface area contributed by atoms with Crippen molar-refractivity contribution in [1.82, 2.24) is 9.29 Å². The highest BCUT2D eigenvalue weighted by Gasteiger charge is 2.44. The zero-order valence-corrected chi connectivity index (χ0v) is 24.9. The van der Waals surface area contributed by atoms with Gasteiger partial charge in [-0.05, 0) is 76.8 Å². The fraction of sp³-hybridized carbons (Fsp3) is 0.556. The van der Waals surface area contributed by atoms with Gasteiger partial charge < -0.3 is 9.16 Å². The van der Waals surface area contributed by atoms with Crippen LogP contribution in [0.5, 0.6) is 0 Å². The number of nitrogens with zero attached hydrogens (tertiary/aromatic N) is 2. The van der Waals surface area contributed by atoms with Crippen molar-refractivity contribution in [1.29, 1.82) is 0 Å². The largest absolute Gasteiger partial charge is 0.444 e. The second-order valence-electron chi connectivity index (χ2n) is 11.9. The molecule has 1 saturated heterocycles. The van der Waals surface area contributed by atoms with Crippen LogP contribution < -0.4 is 5.32 Å². The van der Waals surface area contributed by atoms with Crippen molar-refractivity contribution in [2.24, 2.45) is 0 Å². The minimum Gasteiger partial charge on any atom is -0.444 e. The van der Waals surface area contributed by atoms with Crippen LogP contribution in [0, 0.1) is 0 Å². The minimum absolute atomic E-state index is 0.0170. The predicted molar refractivity (Wildman–Crippen MR) is 147 cm³/mol. The summed E-state index contributed by atoms with van der Waals surface area (Å²) in [5.41, 5.74) is 0.126. The number of ether oxygens (including phenoxy) is 1. The molecule has 1 atom stereocenters. The van der Waals surface area contributed by atoms with Crippen LogP contribution in [-0.2, 0) is 19.2 Å². The van der Waals surface area contributed by atoms with E-state index in [9.17, 15) is 13.2 Å². The molecule has 1 aromatic carbocycles. The van der Waals surface area contributed by atoms with E-state index in [0.29, 0.717) is 18.1 Å². The predicted octanol–water partition coefficient (Wildman–Crippen LogP) is 5.88. The molecule has 0 bridgehead atoms. The van der Waals surface area contributed by atoms with E-state index in [0.717, 1.165) is 18.4 Å². The number of hydrogen-bond acceptors (Lipinski definition) is 6. The molecule has 10 heteroatoms. The summed E-state index contributed by atoms with van der Waals surface area (Å²) >= 11 is 0. The number of rotatable bonds is 7. The molecule has 1 aromatic heterocycles. The Kier molecular flexibility index (Phi) is 8.58. The lowest BCUT2D eigenvalue weighted by Crippen LogP contribution is -2.50. The molecule has 2 heterocycles. The first-order valence-corrected chi connectivity index (χ1v) is 14.9. The molecule has 8 nitrogen and oxygen atoms in total. The van der Waals surface area contributed by atoms with Gasteiger partial charge in [-0.15, -0.1) is 0 Å². The van der Waals surface area contributed by atoms with Crippen LogP contribution in [0.25, 0.3) is 11.3 Å². The van der Waals surface area contributed by atoms with Gasteiger partial charge >= 0.3 is 6.09 Å². The number of carbonyl (C=O) groups is 1. The first kappa shape index (κ1) is 29.3. The number of anilines is 1. The summed E-state index contributed by atoms with van der Waals surface area (Å²) in [6, 6.07) is 11.7. The zero-order chi connectivity index (χ0) is 27.6. The summed E-state index contributed by atoms with van der Waals surface area (Å²) in [4.78, 5) is 16.8. The Morgan fingerprint density at radius 3 is 2.27 bits per heavy atom. The quantitative estimate of drug-likeness (QED) is 0.436. The van der Waals surface area contributed by atoms with Crippen molar-refractivity contribution in [3.05, 3.63) is 42.5 Å². The molecular weight excluding hydrogens is 506 g/mol. The van der Waals surface area contributed by atoms with Crippen LogP contribution in [0.1, 0.15) is 68.2 Å². The third kappa shape index (κ3) is 7.86. The van der Waals surface area contributed by atoms with Gasteiger partial charge in [0.2, 0.25) is 19.8 Å². The van der Waals surface area contributed by atoms with Gasteiger partial charge in [-0.25, -0.2) is 18.2 Å². The highest BCUT2D eigenvalue weighted by Crippen LogP contribution is 2.36. The van der Waals surface area contributed by atoms with Crippen LogP contribution >= 0.6 is 0 Å². The topological polar surface area (TPSA) is 97.8 Å². The Bertz CT molecular complexity index is 1200. The van der Waals surface area contributed by atoms with Crippen molar-refractivity contribution in [3.8, 4) is 11.3 Å². The third-order valence-corrected chi connectivity index (χ3v) is 8.92. The van der Waals surface area contributed by atoms with Crippen LogP contribution in [0.2, 0.25) is 5.04 Å². The van der Waals surface area contributed by atoms with Crippen molar-refractivity contribution >= 4 is 31.7 Å². The molecule has 1 aliphatic rings. The lowest BCUT2D eigenvalue weighted by atomic mass is 9.98. The van der Waals surface area contributed by atoms with Crippen molar-refractivity contribution in [2.75, 3.05) is 11.9 Å². The SMILES string of the molecule is CC(C)(C)OC(=O)Nc1cccc(-c2ccc(S(=O)(=O)N3CCCC3C(C)(C)O[Si]C(C)(C)C)cc2)n1. The second-order valence-corrected chi connectivity index (χ2v) is 15.7. The highest BCUT2D eigenvalue weighted by atomic mass is 32.2. The van der Waals surface area contributed by atoms with Crippen molar-refractivity contribution in [2.45, 2.75) is 95.4 Å². The van der Waals surface area contributed by atoms with Gasteiger partial charge in [0.25, 0.3) is 0 Å². The Morgan fingerprint density at radius 2 is 1.68 bits per heavy atom. The fourth-order valence-electron chi connectivity index (χ4n) is 4.08. The molecule has 37 heavy (non-hydrogen) atoms. The summed E-state index contributed by atoms with van der Waals surface area (Å²) in [6.45, 7) is 16.2. The Hall–Kier alpha value is -2.27. The summed E-state index contributed by atoms with van der Waals surface area (Å²) < 4.78 is 40.4. The smallest absolute Gasteiger partial charge is 0.413 e. The number of carbonyl (C=O) groups excluding carboxylic acids is 1. The van der Waals surface area contributed by atoms with Crippen LogP contribution in [-0.4, -0.2) is 57.4 Å². The molecule has 1 aliphatic heterocycles. The Balaban J connectivity index is 1.77. The van der Waals surface area contributed by atoms with Gasteiger partial charge in [-0.1, -0.05) is 39.0 Å². The first-order chi connectivity index (χ1) is 17.0. The molecule has 0 spiro atoms.